The van der Waals surface area contributed by atoms with Crippen LogP contribution in [-0.4, -0.2) is 87.4 Å². The monoisotopic (exact) mass is 933 g/mol. The molecule has 0 bridgehead atoms. The van der Waals surface area contributed by atoms with E-state index in [0.29, 0.717) is 23.9 Å². The molecule has 0 saturated carbocycles. The molecule has 66 heavy (non-hydrogen) atoms. The number of carboxylic acid groups (broad SMARTS) is 1. The van der Waals surface area contributed by atoms with Crippen LogP contribution in [0.1, 0.15) is 251 Å². The lowest BCUT2D eigenvalue weighted by molar-refractivity contribution is -0.870. The molecule has 0 aromatic rings. The van der Waals surface area contributed by atoms with Crippen molar-refractivity contribution < 1.29 is 42.9 Å². The lowest BCUT2D eigenvalue weighted by Gasteiger charge is -2.25. The summed E-state index contributed by atoms with van der Waals surface area (Å²) in [5.74, 6) is -2.00. The lowest BCUT2D eigenvalue weighted by Crippen LogP contribution is -2.40. The number of unbranched alkanes of at least 4 members (excludes halogenated alkanes) is 30. The Morgan fingerprint density at radius 1 is 0.455 bits per heavy atom. The molecule has 9 heteroatoms. The molecule has 0 aromatic heterocycles. The van der Waals surface area contributed by atoms with Crippen molar-refractivity contribution in [1.82, 2.24) is 0 Å². The van der Waals surface area contributed by atoms with Crippen LogP contribution in [0.5, 0.6) is 0 Å². The van der Waals surface area contributed by atoms with Gasteiger partial charge in [-0.05, 0) is 51.4 Å². The van der Waals surface area contributed by atoms with Gasteiger partial charge in [0.15, 0.2) is 6.10 Å². The van der Waals surface area contributed by atoms with E-state index < -0.39 is 24.3 Å². The molecule has 0 rings (SSSR count). The van der Waals surface area contributed by atoms with Gasteiger partial charge in [0.1, 0.15) is 13.2 Å². The summed E-state index contributed by atoms with van der Waals surface area (Å²) in [7, 11) is 5.97. The van der Waals surface area contributed by atoms with E-state index in [9.17, 15) is 19.5 Å². The van der Waals surface area contributed by atoms with Crippen LogP contribution in [0.2, 0.25) is 0 Å². The van der Waals surface area contributed by atoms with Crippen molar-refractivity contribution in [3.8, 4) is 0 Å². The number of allylic oxidation sites excluding steroid dienone is 6. The summed E-state index contributed by atoms with van der Waals surface area (Å²) in [5, 5.41) is 9.69. The van der Waals surface area contributed by atoms with E-state index in [1.165, 1.54) is 161 Å². The molecular weight excluding hydrogens is 827 g/mol. The van der Waals surface area contributed by atoms with Gasteiger partial charge in [-0.2, -0.15) is 0 Å². The van der Waals surface area contributed by atoms with Gasteiger partial charge < -0.3 is 28.5 Å². The van der Waals surface area contributed by atoms with Gasteiger partial charge in [0.25, 0.3) is 6.29 Å². The summed E-state index contributed by atoms with van der Waals surface area (Å²) in [6, 6.07) is 0. The minimum Gasteiger partial charge on any atom is -0.477 e. The Kier molecular flexibility index (Phi) is 47.1. The molecule has 0 aliphatic rings. The number of carboxylic acids is 1. The summed E-state index contributed by atoms with van der Waals surface area (Å²) < 4.78 is 22.9. The molecule has 2 unspecified atom stereocenters. The van der Waals surface area contributed by atoms with Crippen molar-refractivity contribution in [2.75, 3.05) is 47.5 Å². The van der Waals surface area contributed by atoms with Crippen LogP contribution in [0, 0.1) is 0 Å². The number of nitrogens with zero attached hydrogens (tertiary/aromatic N) is 1. The van der Waals surface area contributed by atoms with Gasteiger partial charge in [0.2, 0.25) is 0 Å². The van der Waals surface area contributed by atoms with Crippen LogP contribution >= 0.6 is 0 Å². The average Bonchev–Trinajstić information content (AvgIpc) is 3.28. The van der Waals surface area contributed by atoms with Crippen molar-refractivity contribution in [2.45, 2.75) is 264 Å². The number of likely N-dealkylation sites (N-methyl/N-ethyl adjacent to an activating group) is 1. The highest BCUT2D eigenvalue weighted by molar-refractivity contribution is 5.71. The van der Waals surface area contributed by atoms with Gasteiger partial charge in [-0.3, -0.25) is 9.59 Å². The highest BCUT2D eigenvalue weighted by Gasteiger charge is 2.25. The third-order valence-corrected chi connectivity index (χ3v) is 12.1. The van der Waals surface area contributed by atoms with Gasteiger partial charge in [-0.15, -0.1) is 0 Å². The topological polar surface area (TPSA) is 108 Å². The van der Waals surface area contributed by atoms with Crippen LogP contribution < -0.4 is 0 Å². The van der Waals surface area contributed by atoms with Gasteiger partial charge in [-0.1, -0.05) is 224 Å². The van der Waals surface area contributed by atoms with E-state index >= 15 is 0 Å². The number of carbonyl (C=O) groups excluding carboxylic acids is 2. The first-order chi connectivity index (χ1) is 32.1. The molecule has 0 aliphatic heterocycles. The van der Waals surface area contributed by atoms with E-state index in [1.807, 2.05) is 21.1 Å². The molecule has 2 atom stereocenters. The second-order valence-electron chi connectivity index (χ2n) is 19.9. The van der Waals surface area contributed by atoms with Gasteiger partial charge >= 0.3 is 17.9 Å². The number of aliphatic carboxylic acids is 1. The van der Waals surface area contributed by atoms with E-state index in [-0.39, 0.29) is 32.2 Å². The maximum absolute atomic E-state index is 12.8. The second kappa shape index (κ2) is 48.9. The first-order valence-corrected chi connectivity index (χ1v) is 27.7. The van der Waals surface area contributed by atoms with E-state index in [0.717, 1.165) is 57.8 Å². The minimum atomic E-state index is -1.51. The van der Waals surface area contributed by atoms with Crippen LogP contribution in [0.25, 0.3) is 0 Å². The molecule has 386 valence electrons. The Morgan fingerprint density at radius 3 is 1.21 bits per heavy atom. The van der Waals surface area contributed by atoms with Crippen molar-refractivity contribution in [1.29, 1.82) is 0 Å². The normalized spacial score (nSPS) is 13.0. The number of hydrogen-bond acceptors (Lipinski definition) is 7. The molecule has 0 aromatic carbocycles. The molecule has 1 N–H and O–H groups in total. The Bertz CT molecular complexity index is 1180. The molecule has 9 nitrogen and oxygen atoms in total. The predicted molar refractivity (Wildman–Crippen MR) is 277 cm³/mol. The maximum atomic E-state index is 12.8. The number of ether oxygens (including phenoxy) is 4. The first-order valence-electron chi connectivity index (χ1n) is 27.7. The zero-order valence-corrected chi connectivity index (χ0v) is 43.9. The average molecular weight is 933 g/mol. The molecule has 0 radical (unpaired) electrons. The van der Waals surface area contributed by atoms with E-state index in [2.05, 4.69) is 50.3 Å². The van der Waals surface area contributed by atoms with Crippen LogP contribution in [-0.2, 0) is 33.3 Å². The molecule has 0 heterocycles. The molecule has 0 amide bonds. The molecule has 0 spiro atoms. The Labute approximate surface area is 407 Å². The highest BCUT2D eigenvalue weighted by atomic mass is 16.7. The van der Waals surface area contributed by atoms with Crippen LogP contribution in [0.3, 0.4) is 0 Å². The summed E-state index contributed by atoms with van der Waals surface area (Å²) in [5.41, 5.74) is 0. The van der Waals surface area contributed by atoms with Crippen LogP contribution in [0.4, 0.5) is 0 Å². The number of rotatable bonds is 51. The quantitative estimate of drug-likeness (QED) is 0.0211. The van der Waals surface area contributed by atoms with E-state index in [4.69, 9.17) is 18.9 Å². The molecule has 0 saturated heterocycles. The number of hydrogen-bond donors (Lipinski definition) is 1. The predicted octanol–water partition coefficient (Wildman–Crippen LogP) is 15.7. The summed E-state index contributed by atoms with van der Waals surface area (Å²) in [6.07, 6.45) is 54.9. The first kappa shape index (κ1) is 63.5. The molecule has 0 aliphatic carbocycles. The number of esters is 2. The third-order valence-electron chi connectivity index (χ3n) is 12.1. The number of quaternary nitrogens is 1. The minimum absolute atomic E-state index is 0.182. The SMILES string of the molecule is CCCCCCC/C=C\C/C=C\C/C=C\CCCCCCCCCCC(=O)OC(COC(=O)CCCCCCCCCCCCCCCCCCCC)COC(OCC[N+](C)(C)C)C(=O)O. The fraction of sp³-hybridized carbons (Fsp3) is 0.842. The fourth-order valence-electron chi connectivity index (χ4n) is 7.84. The largest absolute Gasteiger partial charge is 0.477 e. The smallest absolute Gasteiger partial charge is 0.361 e. The lowest BCUT2D eigenvalue weighted by atomic mass is 10.0. The van der Waals surface area contributed by atoms with Crippen molar-refractivity contribution in [3.05, 3.63) is 36.5 Å². The van der Waals surface area contributed by atoms with Gasteiger partial charge in [-0.25, -0.2) is 4.79 Å². The van der Waals surface area contributed by atoms with Crippen molar-refractivity contribution in [2.24, 2.45) is 0 Å². The molecule has 0 fully saturated rings. The van der Waals surface area contributed by atoms with Crippen molar-refractivity contribution in [3.63, 3.8) is 0 Å². The summed E-state index contributed by atoms with van der Waals surface area (Å²) in [4.78, 5) is 37.4. The second-order valence-corrected chi connectivity index (χ2v) is 19.9. The zero-order valence-electron chi connectivity index (χ0n) is 43.9. The highest BCUT2D eigenvalue weighted by Crippen LogP contribution is 2.16. The van der Waals surface area contributed by atoms with Gasteiger partial charge in [0.05, 0.1) is 34.4 Å². The Balaban J connectivity index is 4.29. The van der Waals surface area contributed by atoms with Crippen molar-refractivity contribution >= 4 is 17.9 Å². The van der Waals surface area contributed by atoms with E-state index in [1.54, 1.807) is 0 Å². The standard InChI is InChI=1S/C57H105NO8/c1-6-8-10-12-14-16-18-20-22-24-26-27-28-29-30-32-34-36-38-40-42-44-46-48-55(60)66-53(52-65-57(56(61)62)63-50-49-58(3,4)5)51-64-54(59)47-45-43-41-39-37-35-33-31-25-23-21-19-17-15-13-11-9-7-2/h18,20,24,26,28-29,53,57H,6-17,19,21-23,25,27,30-52H2,1-5H3/p+1/b20-18-,26-24-,29-28-. The molecular formula is C57H106NO8+. The van der Waals surface area contributed by atoms with Crippen LogP contribution in [0.15, 0.2) is 36.5 Å². The maximum Gasteiger partial charge on any atom is 0.361 e. The van der Waals surface area contributed by atoms with Gasteiger partial charge in [0, 0.05) is 12.8 Å². The third kappa shape index (κ3) is 49.4. The summed E-state index contributed by atoms with van der Waals surface area (Å²) in [6.45, 7) is 4.89. The zero-order chi connectivity index (χ0) is 48.4. The Hall–Kier alpha value is -2.49. The number of carbonyl (C=O) groups is 3. The summed E-state index contributed by atoms with van der Waals surface area (Å²) >= 11 is 0. The Morgan fingerprint density at radius 2 is 0.818 bits per heavy atom. The fourth-order valence-corrected chi connectivity index (χ4v) is 7.84.